The molecule has 1 aliphatic carbocycles. The Morgan fingerprint density at radius 1 is 0.153 bits per heavy atom. The molecular formula is C123H80N8. The maximum absolute atomic E-state index is 5.43. The lowest BCUT2D eigenvalue weighted by Gasteiger charge is -2.22. The van der Waals surface area contributed by atoms with Gasteiger partial charge in [0.25, 0.3) is 0 Å². The average molecular weight is 1670 g/mol. The van der Waals surface area contributed by atoms with E-state index >= 15 is 0 Å². The Labute approximate surface area is 758 Å². The predicted molar refractivity (Wildman–Crippen MR) is 544 cm³/mol. The first-order chi connectivity index (χ1) is 64.7. The van der Waals surface area contributed by atoms with Gasteiger partial charge in [-0.25, -0.2) is 39.9 Å². The summed E-state index contributed by atoms with van der Waals surface area (Å²) in [4.78, 5) is 42.2. The van der Waals surface area contributed by atoms with Gasteiger partial charge in [0.1, 0.15) is 0 Å². The zero-order chi connectivity index (χ0) is 87.0. The second-order valence-corrected chi connectivity index (χ2v) is 34.3. The third-order valence-corrected chi connectivity index (χ3v) is 26.2. The van der Waals surface area contributed by atoms with Crippen molar-refractivity contribution in [2.45, 2.75) is 19.3 Å². The number of pyridine rings is 2. The number of fused-ring (bicyclic) bond motifs is 15. The molecule has 1 aliphatic rings. The zero-order valence-electron chi connectivity index (χ0n) is 71.8. The van der Waals surface area contributed by atoms with Crippen molar-refractivity contribution in [3.63, 3.8) is 0 Å². The minimum atomic E-state index is -0.0626. The van der Waals surface area contributed by atoms with Crippen LogP contribution in [0, 0.1) is 0 Å². The molecule has 0 radical (unpaired) electrons. The molecule has 0 saturated heterocycles. The maximum atomic E-state index is 5.43. The molecule has 8 nitrogen and oxygen atoms in total. The fraction of sp³-hybridized carbons (Fsp3) is 0.0244. The maximum Gasteiger partial charge on any atom is 0.164 e. The van der Waals surface area contributed by atoms with Gasteiger partial charge in [-0.3, -0.25) is 0 Å². The van der Waals surface area contributed by atoms with Gasteiger partial charge in [-0.05, 0) is 163 Å². The summed E-state index contributed by atoms with van der Waals surface area (Å²) < 4.78 is 0. The Morgan fingerprint density at radius 3 is 0.939 bits per heavy atom. The highest BCUT2D eigenvalue weighted by atomic mass is 15.0. The Balaban J connectivity index is 0.000000145. The summed E-state index contributed by atoms with van der Waals surface area (Å²) >= 11 is 0. The van der Waals surface area contributed by atoms with E-state index in [1.165, 1.54) is 71.6 Å². The minimum Gasteiger partial charge on any atom is -0.247 e. The van der Waals surface area contributed by atoms with E-state index in [-0.39, 0.29) is 5.41 Å². The summed E-state index contributed by atoms with van der Waals surface area (Å²) in [5.74, 6) is 3.73. The predicted octanol–water partition coefficient (Wildman–Crippen LogP) is 31.7. The summed E-state index contributed by atoms with van der Waals surface area (Å²) in [6.07, 6.45) is 0. The lowest BCUT2D eigenvalue weighted by atomic mass is 9.81. The van der Waals surface area contributed by atoms with Crippen LogP contribution in [-0.2, 0) is 5.41 Å². The van der Waals surface area contributed by atoms with Crippen LogP contribution in [-0.4, -0.2) is 39.9 Å². The van der Waals surface area contributed by atoms with E-state index in [0.717, 1.165) is 149 Å². The zero-order valence-corrected chi connectivity index (χ0v) is 71.8. The molecule has 0 unspecified atom stereocenters. The lowest BCUT2D eigenvalue weighted by molar-refractivity contribution is 0.660. The molecule has 8 heteroatoms. The van der Waals surface area contributed by atoms with Gasteiger partial charge < -0.3 is 0 Å². The van der Waals surface area contributed by atoms with Crippen LogP contribution in [0.15, 0.2) is 449 Å². The van der Waals surface area contributed by atoms with Gasteiger partial charge in [0.15, 0.2) is 34.9 Å². The smallest absolute Gasteiger partial charge is 0.164 e. The fourth-order valence-corrected chi connectivity index (χ4v) is 19.8. The Bertz CT molecular complexity index is 8520. The molecule has 24 aromatic rings. The highest BCUT2D eigenvalue weighted by Gasteiger charge is 2.36. The number of rotatable bonds is 13. The third kappa shape index (κ3) is 14.0. The van der Waals surface area contributed by atoms with Crippen molar-refractivity contribution in [1.82, 2.24) is 39.9 Å². The standard InChI is InChI=1S/C62H38N4.C61H42N4/c1-3-17-39(18-4-1)48-31-16-32-54-58(48)53-34-33-42(38-57(53)63-59(54)40-19-5-2-6-20-40)41-23-15-24-45(35-41)60-64-61(55-36-43-21-7-9-25-46(43)49-27-11-13-29-51(49)55)66-62(65-60)56-37-44-22-8-10-26-47(44)50-28-12-14-30-52(50)56;1-61(2)53-27-13-12-24-49(53)50-34-32-45(37-54(50)61)39-28-30-43(31-29-39)59-63-58(42-20-10-5-11-21-42)64-60(65-59)47-23-14-22-44(36-47)46-33-35-51-55(38-46)62-57(41-18-8-4-9-19-41)52-26-15-25-48(56(51)52)40-16-6-3-7-17-40/h1-38H;3-38H,1-2H3. The molecular weight excluding hydrogens is 1590 g/mol. The number of benzene rings is 20. The van der Waals surface area contributed by atoms with Crippen molar-refractivity contribution in [3.05, 3.63) is 460 Å². The quantitative estimate of drug-likeness (QED) is 0.105. The topological polar surface area (TPSA) is 103 Å². The number of aromatic nitrogens is 8. The molecule has 0 fully saturated rings. The molecule has 612 valence electrons. The van der Waals surface area contributed by atoms with Crippen LogP contribution in [0.3, 0.4) is 0 Å². The van der Waals surface area contributed by atoms with Crippen LogP contribution in [0.1, 0.15) is 25.0 Å². The van der Waals surface area contributed by atoms with E-state index in [4.69, 9.17) is 39.9 Å². The third-order valence-electron chi connectivity index (χ3n) is 26.2. The van der Waals surface area contributed by atoms with Crippen LogP contribution in [0.25, 0.3) is 244 Å². The first-order valence-corrected chi connectivity index (χ1v) is 44.6. The molecule has 25 rings (SSSR count). The van der Waals surface area contributed by atoms with Crippen LogP contribution in [0.4, 0.5) is 0 Å². The molecule has 0 amide bonds. The molecule has 131 heavy (non-hydrogen) atoms. The average Bonchev–Trinajstić information content (AvgIpc) is 1.58. The van der Waals surface area contributed by atoms with Crippen molar-refractivity contribution in [2.75, 3.05) is 0 Å². The van der Waals surface area contributed by atoms with Gasteiger partial charge in [0.2, 0.25) is 0 Å². The van der Waals surface area contributed by atoms with Crippen LogP contribution >= 0.6 is 0 Å². The molecule has 0 N–H and O–H groups in total. The van der Waals surface area contributed by atoms with Crippen molar-refractivity contribution in [2.24, 2.45) is 0 Å². The molecule has 0 spiro atoms. The van der Waals surface area contributed by atoms with Crippen LogP contribution < -0.4 is 0 Å². The number of nitrogens with zero attached hydrogens (tertiary/aromatic N) is 8. The monoisotopic (exact) mass is 1670 g/mol. The number of hydrogen-bond acceptors (Lipinski definition) is 8. The Hall–Kier alpha value is -17.2. The van der Waals surface area contributed by atoms with Gasteiger partial charge in [0.05, 0.1) is 22.4 Å². The molecule has 20 aromatic carbocycles. The largest absolute Gasteiger partial charge is 0.247 e. The van der Waals surface area contributed by atoms with E-state index in [1.54, 1.807) is 0 Å². The second kappa shape index (κ2) is 32.3. The normalized spacial score (nSPS) is 12.1. The summed E-state index contributed by atoms with van der Waals surface area (Å²) in [5.41, 5.74) is 28.2. The lowest BCUT2D eigenvalue weighted by Crippen LogP contribution is -2.14. The van der Waals surface area contributed by atoms with E-state index in [2.05, 4.69) is 445 Å². The molecule has 0 aliphatic heterocycles. The van der Waals surface area contributed by atoms with Gasteiger partial charge >= 0.3 is 0 Å². The highest BCUT2D eigenvalue weighted by Crippen LogP contribution is 2.51. The molecule has 0 bridgehead atoms. The highest BCUT2D eigenvalue weighted by molar-refractivity contribution is 6.20. The summed E-state index contributed by atoms with van der Waals surface area (Å²) in [5, 5.41) is 16.1. The van der Waals surface area contributed by atoms with E-state index in [9.17, 15) is 0 Å². The van der Waals surface area contributed by atoms with Crippen LogP contribution in [0.2, 0.25) is 0 Å². The van der Waals surface area contributed by atoms with Crippen molar-refractivity contribution < 1.29 is 0 Å². The Morgan fingerprint density at radius 2 is 0.458 bits per heavy atom. The first-order valence-electron chi connectivity index (χ1n) is 44.6. The van der Waals surface area contributed by atoms with E-state index < -0.39 is 0 Å². The van der Waals surface area contributed by atoms with Crippen molar-refractivity contribution in [1.29, 1.82) is 0 Å². The SMILES string of the molecule is CC1(C)c2ccccc2-c2ccc(-c3ccc(-c4nc(-c5ccccc5)nc(-c5cccc(-c6ccc7c(c6)nc(-c6ccccc6)c6cccc(-c8ccccc8)c67)c5)n4)cc3)cc21.c1ccc(-c2nc3cc(-c4cccc(-c5nc(-c6cc7ccccc7c7ccccc67)nc(-c6cc7ccccc7c7ccccc67)n5)c4)ccc3c3c(-c4ccccc4)cccc23)cc1. The molecule has 4 aromatic heterocycles. The summed E-state index contributed by atoms with van der Waals surface area (Å²) in [6.45, 7) is 4.65. The van der Waals surface area contributed by atoms with Crippen molar-refractivity contribution in [3.8, 4) is 158 Å². The van der Waals surface area contributed by atoms with Gasteiger partial charge in [0, 0.05) is 82.2 Å². The molecule has 0 atom stereocenters. The van der Waals surface area contributed by atoms with Gasteiger partial charge in [-0.15, -0.1) is 0 Å². The fourth-order valence-electron chi connectivity index (χ4n) is 19.8. The molecule has 4 heterocycles. The minimum absolute atomic E-state index is 0.0626. The number of hydrogen-bond donors (Lipinski definition) is 0. The summed E-state index contributed by atoms with van der Waals surface area (Å²) in [6, 6.07) is 159. The summed E-state index contributed by atoms with van der Waals surface area (Å²) in [7, 11) is 0. The van der Waals surface area contributed by atoms with Crippen molar-refractivity contribution >= 4 is 86.4 Å². The van der Waals surface area contributed by atoms with E-state index in [0.29, 0.717) is 34.9 Å². The molecule has 0 saturated carbocycles. The first kappa shape index (κ1) is 77.4. The Kier molecular flexibility index (Phi) is 19.1. The van der Waals surface area contributed by atoms with Gasteiger partial charge in [-0.2, -0.15) is 0 Å². The van der Waals surface area contributed by atoms with Gasteiger partial charge in [-0.1, -0.05) is 420 Å². The second-order valence-electron chi connectivity index (χ2n) is 34.3. The van der Waals surface area contributed by atoms with Crippen LogP contribution in [0.5, 0.6) is 0 Å². The van der Waals surface area contributed by atoms with E-state index in [1.807, 2.05) is 18.2 Å².